The Balaban J connectivity index is 1.80. The molecular weight excluding hydrogens is 384 g/mol. The largest absolute Gasteiger partial charge is 0.493 e. The van der Waals surface area contributed by atoms with Gasteiger partial charge in [-0.3, -0.25) is 4.79 Å². The Morgan fingerprint density at radius 3 is 2.89 bits per heavy atom. The van der Waals surface area contributed by atoms with Crippen LogP contribution in [0.25, 0.3) is 0 Å². The van der Waals surface area contributed by atoms with Gasteiger partial charge >= 0.3 is 0 Å². The zero-order valence-corrected chi connectivity index (χ0v) is 16.6. The molecule has 0 aromatic heterocycles. The Kier molecular flexibility index (Phi) is 8.74. The van der Waals surface area contributed by atoms with Crippen molar-refractivity contribution in [1.29, 1.82) is 0 Å². The minimum absolute atomic E-state index is 0.170. The predicted molar refractivity (Wildman–Crippen MR) is 112 cm³/mol. The minimum Gasteiger partial charge on any atom is -0.493 e. The molecule has 0 bridgehead atoms. The Labute approximate surface area is 168 Å². The standard InChI is InChI=1S/C20H21ClN2O3S/c1-3-9-26-18-8-7-15(11-19(18)25-2)12-22-23-20(24)14-27-13-16-5-4-6-17(21)10-16/h3-8,10-12H,1,9,13-14H2,2H3,(H,23,24)/b22-12+. The topological polar surface area (TPSA) is 59.9 Å². The van der Waals surface area contributed by atoms with Crippen LogP contribution >= 0.6 is 23.4 Å². The minimum atomic E-state index is -0.170. The van der Waals surface area contributed by atoms with Crippen LogP contribution in [0, 0.1) is 0 Å². The van der Waals surface area contributed by atoms with E-state index < -0.39 is 0 Å². The van der Waals surface area contributed by atoms with Crippen molar-refractivity contribution in [1.82, 2.24) is 5.43 Å². The molecule has 2 aromatic rings. The van der Waals surface area contributed by atoms with E-state index in [1.54, 1.807) is 31.5 Å². The zero-order valence-electron chi connectivity index (χ0n) is 15.0. The number of amides is 1. The number of nitrogens with one attached hydrogen (secondary N) is 1. The molecule has 142 valence electrons. The van der Waals surface area contributed by atoms with Crippen LogP contribution in [0.3, 0.4) is 0 Å². The van der Waals surface area contributed by atoms with Gasteiger partial charge in [0.15, 0.2) is 11.5 Å². The molecular formula is C20H21ClN2O3S. The van der Waals surface area contributed by atoms with Crippen molar-refractivity contribution in [2.24, 2.45) is 5.10 Å². The second-order valence-corrected chi connectivity index (χ2v) is 6.85. The Morgan fingerprint density at radius 2 is 2.15 bits per heavy atom. The molecule has 7 heteroatoms. The predicted octanol–water partition coefficient (Wildman–Crippen LogP) is 4.30. The van der Waals surface area contributed by atoms with Crippen LogP contribution in [0.5, 0.6) is 11.5 Å². The average Bonchev–Trinajstić information content (AvgIpc) is 2.67. The van der Waals surface area contributed by atoms with Crippen LogP contribution in [-0.4, -0.2) is 31.6 Å². The van der Waals surface area contributed by atoms with Crippen molar-refractivity contribution in [3.8, 4) is 11.5 Å². The molecule has 0 saturated heterocycles. The molecule has 0 heterocycles. The van der Waals surface area contributed by atoms with Crippen molar-refractivity contribution in [2.75, 3.05) is 19.5 Å². The molecule has 0 radical (unpaired) electrons. The molecule has 2 aromatic carbocycles. The molecule has 0 aliphatic heterocycles. The third-order valence-corrected chi connectivity index (χ3v) is 4.58. The molecule has 5 nitrogen and oxygen atoms in total. The molecule has 0 aliphatic rings. The number of hydrogen-bond donors (Lipinski definition) is 1. The number of hydrogen-bond acceptors (Lipinski definition) is 5. The summed E-state index contributed by atoms with van der Waals surface area (Å²) in [5.41, 5.74) is 4.37. The monoisotopic (exact) mass is 404 g/mol. The number of carbonyl (C=O) groups excluding carboxylic acids is 1. The lowest BCUT2D eigenvalue weighted by atomic mass is 10.2. The summed E-state index contributed by atoms with van der Waals surface area (Å²) in [6.45, 7) is 4.01. The first kappa shape index (κ1) is 20.9. The van der Waals surface area contributed by atoms with Gasteiger partial charge in [0, 0.05) is 10.8 Å². The van der Waals surface area contributed by atoms with E-state index in [1.807, 2.05) is 30.3 Å². The maximum atomic E-state index is 11.9. The van der Waals surface area contributed by atoms with E-state index in [4.69, 9.17) is 21.1 Å². The fourth-order valence-electron chi connectivity index (χ4n) is 2.13. The fraction of sp³-hybridized carbons (Fsp3) is 0.200. The van der Waals surface area contributed by atoms with Gasteiger partial charge < -0.3 is 9.47 Å². The lowest BCUT2D eigenvalue weighted by molar-refractivity contribution is -0.118. The van der Waals surface area contributed by atoms with E-state index >= 15 is 0 Å². The summed E-state index contributed by atoms with van der Waals surface area (Å²) in [5.74, 6) is 2.05. The maximum Gasteiger partial charge on any atom is 0.250 e. The summed E-state index contributed by atoms with van der Waals surface area (Å²) in [7, 11) is 1.57. The molecule has 2 rings (SSSR count). The van der Waals surface area contributed by atoms with Gasteiger partial charge in [0.2, 0.25) is 5.91 Å². The van der Waals surface area contributed by atoms with Crippen LogP contribution in [0.15, 0.2) is 60.2 Å². The van der Waals surface area contributed by atoms with Gasteiger partial charge in [-0.25, -0.2) is 5.43 Å². The fourth-order valence-corrected chi connectivity index (χ4v) is 3.11. The van der Waals surface area contributed by atoms with Crippen LogP contribution in [0.4, 0.5) is 0 Å². The van der Waals surface area contributed by atoms with Crippen molar-refractivity contribution < 1.29 is 14.3 Å². The van der Waals surface area contributed by atoms with Gasteiger partial charge in [-0.15, -0.1) is 11.8 Å². The normalized spacial score (nSPS) is 10.6. The highest BCUT2D eigenvalue weighted by atomic mass is 35.5. The number of halogens is 1. The SMILES string of the molecule is C=CCOc1ccc(/C=N/NC(=O)CSCc2cccc(Cl)c2)cc1OC. The summed E-state index contributed by atoms with van der Waals surface area (Å²) in [5, 5.41) is 4.67. The van der Waals surface area contributed by atoms with E-state index in [9.17, 15) is 4.79 Å². The van der Waals surface area contributed by atoms with Gasteiger partial charge in [0.1, 0.15) is 6.61 Å². The number of thioether (sulfide) groups is 1. The molecule has 0 fully saturated rings. The second kappa shape index (κ2) is 11.3. The number of rotatable bonds is 10. The van der Waals surface area contributed by atoms with Crippen LogP contribution < -0.4 is 14.9 Å². The quantitative estimate of drug-likeness (QED) is 0.364. The molecule has 1 amide bonds. The number of methoxy groups -OCH3 is 1. The Hall–Kier alpha value is -2.44. The molecule has 0 saturated carbocycles. The average molecular weight is 405 g/mol. The number of ether oxygens (including phenoxy) is 2. The van der Waals surface area contributed by atoms with E-state index in [-0.39, 0.29) is 5.91 Å². The van der Waals surface area contributed by atoms with Gasteiger partial charge in [-0.2, -0.15) is 5.10 Å². The lowest BCUT2D eigenvalue weighted by Crippen LogP contribution is -2.19. The second-order valence-electron chi connectivity index (χ2n) is 5.43. The van der Waals surface area contributed by atoms with E-state index in [0.29, 0.717) is 34.6 Å². The molecule has 0 unspecified atom stereocenters. The molecule has 0 spiro atoms. The summed E-state index contributed by atoms with van der Waals surface area (Å²) in [6.07, 6.45) is 3.22. The summed E-state index contributed by atoms with van der Waals surface area (Å²) in [4.78, 5) is 11.9. The third kappa shape index (κ3) is 7.37. The molecule has 27 heavy (non-hydrogen) atoms. The van der Waals surface area contributed by atoms with E-state index in [0.717, 1.165) is 11.1 Å². The first-order valence-corrected chi connectivity index (χ1v) is 9.71. The Morgan fingerprint density at radius 1 is 1.30 bits per heavy atom. The molecule has 0 atom stereocenters. The number of hydrazone groups is 1. The highest BCUT2D eigenvalue weighted by molar-refractivity contribution is 7.99. The summed E-state index contributed by atoms with van der Waals surface area (Å²) >= 11 is 7.44. The van der Waals surface area contributed by atoms with Crippen molar-refractivity contribution in [3.05, 3.63) is 71.3 Å². The van der Waals surface area contributed by atoms with Crippen LogP contribution in [0.2, 0.25) is 5.02 Å². The van der Waals surface area contributed by atoms with Gasteiger partial charge in [0.05, 0.1) is 19.1 Å². The third-order valence-electron chi connectivity index (χ3n) is 3.34. The van der Waals surface area contributed by atoms with Crippen molar-refractivity contribution >= 4 is 35.5 Å². The first-order chi connectivity index (χ1) is 13.1. The zero-order chi connectivity index (χ0) is 19.5. The van der Waals surface area contributed by atoms with Gasteiger partial charge in [0.25, 0.3) is 0 Å². The van der Waals surface area contributed by atoms with Crippen molar-refractivity contribution in [2.45, 2.75) is 5.75 Å². The van der Waals surface area contributed by atoms with E-state index in [2.05, 4.69) is 17.1 Å². The smallest absolute Gasteiger partial charge is 0.250 e. The van der Waals surface area contributed by atoms with Crippen LogP contribution in [-0.2, 0) is 10.5 Å². The summed E-state index contributed by atoms with van der Waals surface area (Å²) in [6, 6.07) is 13.0. The number of carbonyl (C=O) groups is 1. The van der Waals surface area contributed by atoms with Gasteiger partial charge in [-0.05, 0) is 41.5 Å². The number of benzene rings is 2. The molecule has 0 aliphatic carbocycles. The van der Waals surface area contributed by atoms with E-state index in [1.165, 1.54) is 11.8 Å². The maximum absolute atomic E-state index is 11.9. The highest BCUT2D eigenvalue weighted by Gasteiger charge is 2.05. The summed E-state index contributed by atoms with van der Waals surface area (Å²) < 4.78 is 10.8. The number of nitrogens with zero attached hydrogens (tertiary/aromatic N) is 1. The Bertz CT molecular complexity index is 812. The van der Waals surface area contributed by atoms with Gasteiger partial charge in [-0.1, -0.05) is 36.4 Å². The van der Waals surface area contributed by atoms with Crippen molar-refractivity contribution in [3.63, 3.8) is 0 Å². The lowest BCUT2D eigenvalue weighted by Gasteiger charge is -2.09. The molecule has 1 N–H and O–H groups in total. The first-order valence-electron chi connectivity index (χ1n) is 8.18. The van der Waals surface area contributed by atoms with Crippen LogP contribution in [0.1, 0.15) is 11.1 Å². The highest BCUT2D eigenvalue weighted by Crippen LogP contribution is 2.27.